The molecule has 0 saturated carbocycles. The molecule has 4 heteroatoms. The fourth-order valence-corrected chi connectivity index (χ4v) is 1.10. The minimum atomic E-state index is 0. The van der Waals surface area contributed by atoms with Crippen LogP contribution in [0.1, 0.15) is 6.92 Å². The van der Waals surface area contributed by atoms with Gasteiger partial charge in [0.15, 0.2) is 5.11 Å². The zero-order chi connectivity index (χ0) is 7.72. The van der Waals surface area contributed by atoms with E-state index in [0.29, 0.717) is 6.04 Å². The molecule has 64 valence electrons. The van der Waals surface area contributed by atoms with E-state index in [1.165, 1.54) is 0 Å². The highest BCUT2D eigenvalue weighted by Gasteiger charge is 2.16. The lowest BCUT2D eigenvalue weighted by atomic mass is 10.3. The number of likely N-dealkylation sites (N-methyl/N-ethyl adjacent to an activating group) is 1. The SMILES string of the molecule is CC1C=CN(C)C(=S)N1C.Cl. The van der Waals surface area contributed by atoms with Gasteiger partial charge in [0.1, 0.15) is 0 Å². The van der Waals surface area contributed by atoms with Crippen molar-refractivity contribution in [2.24, 2.45) is 0 Å². The molecule has 0 spiro atoms. The molecule has 1 unspecified atom stereocenters. The van der Waals surface area contributed by atoms with Gasteiger partial charge in [0.2, 0.25) is 0 Å². The van der Waals surface area contributed by atoms with Crippen molar-refractivity contribution < 1.29 is 0 Å². The highest BCUT2D eigenvalue weighted by atomic mass is 35.5. The number of hydrogen-bond donors (Lipinski definition) is 0. The Bertz CT molecular complexity index is 181. The van der Waals surface area contributed by atoms with Crippen LogP contribution in [0.5, 0.6) is 0 Å². The zero-order valence-corrected chi connectivity index (χ0v) is 8.58. The summed E-state index contributed by atoms with van der Waals surface area (Å²) in [4.78, 5) is 4.00. The third-order valence-electron chi connectivity index (χ3n) is 1.80. The maximum absolute atomic E-state index is 5.13. The van der Waals surface area contributed by atoms with Crippen LogP contribution < -0.4 is 0 Å². The van der Waals surface area contributed by atoms with Gasteiger partial charge in [-0.1, -0.05) is 0 Å². The van der Waals surface area contributed by atoms with Crippen LogP contribution in [0.3, 0.4) is 0 Å². The number of halogens is 1. The number of thiocarbonyl (C=S) groups is 1. The monoisotopic (exact) mass is 192 g/mol. The average Bonchev–Trinajstić information content (AvgIpc) is 1.93. The normalized spacial score (nSPS) is 23.5. The Morgan fingerprint density at radius 1 is 1.45 bits per heavy atom. The summed E-state index contributed by atoms with van der Waals surface area (Å²) >= 11 is 5.13. The number of rotatable bonds is 0. The van der Waals surface area contributed by atoms with E-state index in [0.717, 1.165) is 5.11 Å². The predicted molar refractivity (Wildman–Crippen MR) is 54.0 cm³/mol. The second-order valence-corrected chi connectivity index (χ2v) is 2.95. The number of hydrogen-bond acceptors (Lipinski definition) is 1. The van der Waals surface area contributed by atoms with E-state index in [9.17, 15) is 0 Å². The molecule has 0 N–H and O–H groups in total. The first-order chi connectivity index (χ1) is 4.63. The van der Waals surface area contributed by atoms with E-state index in [-0.39, 0.29) is 12.4 Å². The van der Waals surface area contributed by atoms with Gasteiger partial charge in [-0.15, -0.1) is 12.4 Å². The van der Waals surface area contributed by atoms with Crippen molar-refractivity contribution in [3.63, 3.8) is 0 Å². The highest BCUT2D eigenvalue weighted by Crippen LogP contribution is 2.08. The molecular formula is C7H13ClN2S. The van der Waals surface area contributed by atoms with Gasteiger partial charge >= 0.3 is 0 Å². The number of nitrogens with zero attached hydrogens (tertiary/aromatic N) is 2. The Kier molecular flexibility index (Phi) is 3.83. The maximum atomic E-state index is 5.13. The van der Waals surface area contributed by atoms with Crippen molar-refractivity contribution in [1.82, 2.24) is 9.80 Å². The Balaban J connectivity index is 0.000001000. The van der Waals surface area contributed by atoms with Crippen molar-refractivity contribution >= 4 is 29.7 Å². The third-order valence-corrected chi connectivity index (χ3v) is 2.38. The van der Waals surface area contributed by atoms with Crippen LogP contribution in [0.15, 0.2) is 12.3 Å². The highest BCUT2D eigenvalue weighted by molar-refractivity contribution is 7.80. The van der Waals surface area contributed by atoms with Crippen LogP contribution in [0.4, 0.5) is 0 Å². The molecule has 0 saturated heterocycles. The molecule has 1 aliphatic heterocycles. The van der Waals surface area contributed by atoms with Gasteiger partial charge in [-0.05, 0) is 25.2 Å². The van der Waals surface area contributed by atoms with Crippen molar-refractivity contribution in [2.75, 3.05) is 14.1 Å². The molecule has 1 rings (SSSR count). The van der Waals surface area contributed by atoms with Crippen LogP contribution >= 0.6 is 24.6 Å². The molecule has 0 fully saturated rings. The first kappa shape index (κ1) is 10.7. The van der Waals surface area contributed by atoms with Crippen LogP contribution in [-0.2, 0) is 0 Å². The Morgan fingerprint density at radius 3 is 2.45 bits per heavy atom. The molecule has 0 aromatic carbocycles. The van der Waals surface area contributed by atoms with Crippen LogP contribution in [0.25, 0.3) is 0 Å². The molecule has 0 amide bonds. The van der Waals surface area contributed by atoms with Gasteiger partial charge < -0.3 is 9.80 Å². The summed E-state index contributed by atoms with van der Waals surface area (Å²) in [6.07, 6.45) is 4.13. The smallest absolute Gasteiger partial charge is 0.175 e. The molecule has 1 heterocycles. The molecule has 1 atom stereocenters. The average molecular weight is 193 g/mol. The molecule has 0 aromatic heterocycles. The van der Waals surface area contributed by atoms with E-state index in [1.807, 2.05) is 25.2 Å². The fraction of sp³-hybridized carbons (Fsp3) is 0.571. The van der Waals surface area contributed by atoms with Gasteiger partial charge in [0.05, 0.1) is 0 Å². The third kappa shape index (κ3) is 2.07. The summed E-state index contributed by atoms with van der Waals surface area (Å²) in [6.45, 7) is 2.12. The topological polar surface area (TPSA) is 6.48 Å². The van der Waals surface area contributed by atoms with Gasteiger partial charge in [-0.3, -0.25) is 0 Å². The van der Waals surface area contributed by atoms with Gasteiger partial charge in [0, 0.05) is 26.3 Å². The first-order valence-electron chi connectivity index (χ1n) is 3.31. The summed E-state index contributed by atoms with van der Waals surface area (Å²) in [6, 6.07) is 0.434. The summed E-state index contributed by atoms with van der Waals surface area (Å²) in [5.74, 6) is 0. The van der Waals surface area contributed by atoms with E-state index in [4.69, 9.17) is 12.2 Å². The summed E-state index contributed by atoms with van der Waals surface area (Å²) in [5.41, 5.74) is 0. The molecule has 11 heavy (non-hydrogen) atoms. The Morgan fingerprint density at radius 2 is 2.00 bits per heavy atom. The Labute approximate surface area is 79.3 Å². The first-order valence-corrected chi connectivity index (χ1v) is 3.71. The molecule has 0 bridgehead atoms. The zero-order valence-electron chi connectivity index (χ0n) is 6.94. The van der Waals surface area contributed by atoms with Crippen molar-refractivity contribution in [3.8, 4) is 0 Å². The summed E-state index contributed by atoms with van der Waals surface area (Å²) in [7, 11) is 3.97. The van der Waals surface area contributed by atoms with E-state index in [1.54, 1.807) is 0 Å². The molecule has 2 nitrogen and oxygen atoms in total. The molecule has 1 aliphatic rings. The molecule has 0 aromatic rings. The summed E-state index contributed by atoms with van der Waals surface area (Å²) in [5, 5.41) is 0.884. The van der Waals surface area contributed by atoms with Crippen LogP contribution in [-0.4, -0.2) is 35.0 Å². The lowest BCUT2D eigenvalue weighted by Crippen LogP contribution is -2.43. The van der Waals surface area contributed by atoms with Crippen molar-refractivity contribution in [1.29, 1.82) is 0 Å². The maximum Gasteiger partial charge on any atom is 0.175 e. The van der Waals surface area contributed by atoms with Gasteiger partial charge in [-0.2, -0.15) is 0 Å². The predicted octanol–water partition coefficient (Wildman–Crippen LogP) is 1.47. The molecule has 0 radical (unpaired) electrons. The van der Waals surface area contributed by atoms with Crippen molar-refractivity contribution in [2.45, 2.75) is 13.0 Å². The molecular weight excluding hydrogens is 180 g/mol. The quantitative estimate of drug-likeness (QED) is 0.537. The second-order valence-electron chi connectivity index (χ2n) is 2.59. The fourth-order valence-electron chi connectivity index (χ4n) is 0.870. The van der Waals surface area contributed by atoms with E-state index in [2.05, 4.69) is 17.9 Å². The van der Waals surface area contributed by atoms with Crippen LogP contribution in [0, 0.1) is 0 Å². The second kappa shape index (κ2) is 3.93. The Hall–Kier alpha value is -0.280. The molecule has 0 aliphatic carbocycles. The van der Waals surface area contributed by atoms with Crippen molar-refractivity contribution in [3.05, 3.63) is 12.3 Å². The van der Waals surface area contributed by atoms with Crippen LogP contribution in [0.2, 0.25) is 0 Å². The minimum Gasteiger partial charge on any atom is -0.346 e. The largest absolute Gasteiger partial charge is 0.346 e. The lowest BCUT2D eigenvalue weighted by Gasteiger charge is -2.33. The van der Waals surface area contributed by atoms with E-state index < -0.39 is 0 Å². The van der Waals surface area contributed by atoms with E-state index >= 15 is 0 Å². The van der Waals surface area contributed by atoms with Gasteiger partial charge in [0.25, 0.3) is 0 Å². The standard InChI is InChI=1S/C7H12N2S.ClH/c1-6-4-5-8(2)7(10)9(6)3;/h4-6H,1-3H3;1H. The minimum absolute atomic E-state index is 0. The van der Waals surface area contributed by atoms with Gasteiger partial charge in [-0.25, -0.2) is 0 Å². The lowest BCUT2D eigenvalue weighted by molar-refractivity contribution is 0.389. The summed E-state index contributed by atoms with van der Waals surface area (Å²) < 4.78 is 0.